The number of carbonyl (C=O) groups is 3. The molecule has 1 unspecified atom stereocenters. The molecule has 2 aromatic carbocycles. The summed E-state index contributed by atoms with van der Waals surface area (Å²) < 4.78 is 28.6. The van der Waals surface area contributed by atoms with Crippen molar-refractivity contribution in [2.24, 2.45) is 0 Å². The number of carboxylic acids is 1. The number of halogens is 2. The van der Waals surface area contributed by atoms with Gasteiger partial charge in [-0.25, -0.2) is 13.2 Å². The number of hydrogen-bond donors (Lipinski definition) is 2. The van der Waals surface area contributed by atoms with Crippen LogP contribution in [0.5, 0.6) is 0 Å². The molecule has 1 atom stereocenters. The number of nitrogens with zero attached hydrogens (tertiary/aromatic N) is 2. The molecule has 2 aromatic heterocycles. The highest BCUT2D eigenvalue weighted by atomic mass is 35.5. The normalized spacial score (nSPS) is 14.0. The summed E-state index contributed by atoms with van der Waals surface area (Å²) in [5, 5.41) is 13.6. The Hall–Kier alpha value is -3.93. The van der Waals surface area contributed by atoms with Gasteiger partial charge < -0.3 is 19.7 Å². The fourth-order valence-corrected chi connectivity index (χ4v) is 6.03. The number of benzene rings is 2. The lowest BCUT2D eigenvalue weighted by atomic mass is 9.96. The third kappa shape index (κ3) is 5.92. The van der Waals surface area contributed by atoms with E-state index < -0.39 is 27.8 Å². The van der Waals surface area contributed by atoms with Crippen LogP contribution in [0.15, 0.2) is 64.2 Å². The smallest absolute Gasteiger partial charge is 0.326 e. The molecule has 1 aliphatic rings. The van der Waals surface area contributed by atoms with Crippen LogP contribution >= 0.6 is 23.2 Å². The van der Waals surface area contributed by atoms with Gasteiger partial charge in [-0.2, -0.15) is 0 Å². The number of aromatic nitrogens is 1. The van der Waals surface area contributed by atoms with Crippen LogP contribution in [0.4, 0.5) is 0 Å². The van der Waals surface area contributed by atoms with Crippen LogP contribution in [0.3, 0.4) is 0 Å². The third-order valence-electron chi connectivity index (χ3n) is 6.78. The molecule has 2 N–H and O–H groups in total. The average Bonchev–Trinajstić information content (AvgIpc) is 3.41. The van der Waals surface area contributed by atoms with Crippen LogP contribution in [-0.4, -0.2) is 60.0 Å². The summed E-state index contributed by atoms with van der Waals surface area (Å²) in [6, 6.07) is 12.0. The summed E-state index contributed by atoms with van der Waals surface area (Å²) >= 11 is 13.1. The number of nitrogens with one attached hydrogen (secondary N) is 1. The Labute approximate surface area is 244 Å². The number of carboxylic acid groups (broad SMARTS) is 1. The van der Waals surface area contributed by atoms with E-state index in [9.17, 15) is 27.9 Å². The lowest BCUT2D eigenvalue weighted by molar-refractivity contribution is -0.139. The van der Waals surface area contributed by atoms with Gasteiger partial charge in [0, 0.05) is 37.3 Å². The van der Waals surface area contributed by atoms with Crippen LogP contribution < -0.4 is 5.32 Å². The molecule has 0 fully saturated rings. The minimum atomic E-state index is -3.62. The number of amides is 2. The first kappa shape index (κ1) is 28.6. The summed E-state index contributed by atoms with van der Waals surface area (Å²) in [5.74, 6) is -2.37. The quantitative estimate of drug-likeness (QED) is 0.315. The summed E-state index contributed by atoms with van der Waals surface area (Å²) in [5.41, 5.74) is 1.51. The Balaban J connectivity index is 1.34. The largest absolute Gasteiger partial charge is 0.480 e. The molecule has 5 rings (SSSR count). The van der Waals surface area contributed by atoms with Gasteiger partial charge in [0.1, 0.15) is 17.5 Å². The molecule has 3 heterocycles. The summed E-state index contributed by atoms with van der Waals surface area (Å²) in [4.78, 5) is 44.2. The second-order valence-electron chi connectivity index (χ2n) is 9.64. The molecule has 4 aromatic rings. The number of hydrogen-bond acceptors (Lipinski definition) is 7. The van der Waals surface area contributed by atoms with Gasteiger partial charge in [-0.15, -0.1) is 0 Å². The van der Waals surface area contributed by atoms with E-state index in [-0.39, 0.29) is 45.3 Å². The van der Waals surface area contributed by atoms with Gasteiger partial charge in [0.25, 0.3) is 11.8 Å². The third-order valence-corrected chi connectivity index (χ3v) is 8.45. The van der Waals surface area contributed by atoms with Gasteiger partial charge in [-0.1, -0.05) is 47.5 Å². The van der Waals surface area contributed by atoms with Gasteiger partial charge in [0.05, 0.1) is 15.6 Å². The molecule has 0 bridgehead atoms. The predicted octanol–water partition coefficient (Wildman–Crippen LogP) is 4.16. The number of carbonyl (C=O) groups excluding carboxylic acids is 2. The van der Waals surface area contributed by atoms with Crippen molar-refractivity contribution in [3.05, 3.63) is 92.9 Å². The van der Waals surface area contributed by atoms with Crippen LogP contribution in [0.25, 0.3) is 10.8 Å². The minimum absolute atomic E-state index is 0.00845. The molecule has 1 aliphatic heterocycles. The second-order valence-corrected chi connectivity index (χ2v) is 12.4. The lowest BCUT2D eigenvalue weighted by Gasteiger charge is -2.30. The molecule has 0 saturated heterocycles. The molecule has 41 heavy (non-hydrogen) atoms. The van der Waals surface area contributed by atoms with E-state index in [1.807, 2.05) is 24.3 Å². The Morgan fingerprint density at radius 3 is 2.54 bits per heavy atom. The van der Waals surface area contributed by atoms with Gasteiger partial charge in [0.15, 0.2) is 0 Å². The highest BCUT2D eigenvalue weighted by Gasteiger charge is 2.30. The van der Waals surface area contributed by atoms with Crippen LogP contribution in [-0.2, 0) is 34.0 Å². The molecule has 0 radical (unpaired) electrons. The van der Waals surface area contributed by atoms with Crippen LogP contribution in [0.2, 0.25) is 10.0 Å². The Kier molecular flexibility index (Phi) is 7.78. The number of aliphatic carboxylic acids is 1. The molecule has 0 aliphatic carbocycles. The Bertz CT molecular complexity index is 1820. The van der Waals surface area contributed by atoms with E-state index in [4.69, 9.17) is 27.6 Å². The van der Waals surface area contributed by atoms with Crippen molar-refractivity contribution in [3.8, 4) is 0 Å². The Morgan fingerprint density at radius 2 is 1.85 bits per heavy atom. The van der Waals surface area contributed by atoms with Crippen molar-refractivity contribution >= 4 is 61.6 Å². The first-order chi connectivity index (χ1) is 19.4. The minimum Gasteiger partial charge on any atom is -0.480 e. The van der Waals surface area contributed by atoms with E-state index in [0.717, 1.165) is 17.0 Å². The lowest BCUT2D eigenvalue weighted by Crippen LogP contribution is -2.42. The predicted molar refractivity (Wildman–Crippen MR) is 151 cm³/mol. The maximum atomic E-state index is 13.2. The second kappa shape index (κ2) is 11.2. The van der Waals surface area contributed by atoms with Crippen molar-refractivity contribution in [3.63, 3.8) is 0 Å². The number of fused-ring (bicyclic) bond motifs is 2. The molecule has 2 amide bonds. The van der Waals surface area contributed by atoms with Crippen molar-refractivity contribution in [2.45, 2.75) is 30.5 Å². The summed E-state index contributed by atoms with van der Waals surface area (Å²) in [6.07, 6.45) is 2.65. The SMILES string of the molecule is CS(=O)(=O)c1ccc(CC(NC(=O)c2c(Cl)cc3c(c2Cl)CCN(C(=O)c2cc4ccccc4cn2)C3)C(=O)O)o1. The van der Waals surface area contributed by atoms with Crippen LogP contribution in [0, 0.1) is 0 Å². The zero-order chi connectivity index (χ0) is 29.5. The fourth-order valence-electron chi connectivity index (χ4n) is 4.69. The first-order valence-corrected chi connectivity index (χ1v) is 15.0. The maximum absolute atomic E-state index is 13.2. The van der Waals surface area contributed by atoms with Crippen molar-refractivity contribution in [1.82, 2.24) is 15.2 Å². The maximum Gasteiger partial charge on any atom is 0.326 e. The zero-order valence-electron chi connectivity index (χ0n) is 21.6. The summed E-state index contributed by atoms with van der Waals surface area (Å²) in [6.45, 7) is 0.518. The number of sulfone groups is 1. The van der Waals surface area contributed by atoms with Crippen molar-refractivity contribution < 1.29 is 32.3 Å². The molecular formula is C28H23Cl2N3O7S. The first-order valence-electron chi connectivity index (χ1n) is 12.4. The molecular weight excluding hydrogens is 593 g/mol. The number of furan rings is 1. The zero-order valence-corrected chi connectivity index (χ0v) is 23.9. The molecule has 13 heteroatoms. The fraction of sp³-hybridized carbons (Fsp3) is 0.214. The summed E-state index contributed by atoms with van der Waals surface area (Å²) in [7, 11) is -3.62. The van der Waals surface area contributed by atoms with Gasteiger partial charge in [0.2, 0.25) is 14.9 Å². The van der Waals surface area contributed by atoms with E-state index in [2.05, 4.69) is 10.3 Å². The number of pyridine rings is 1. The topological polar surface area (TPSA) is 147 Å². The van der Waals surface area contributed by atoms with Gasteiger partial charge >= 0.3 is 5.97 Å². The van der Waals surface area contributed by atoms with E-state index in [1.165, 1.54) is 12.1 Å². The highest BCUT2D eigenvalue weighted by Crippen LogP contribution is 2.35. The molecule has 0 saturated carbocycles. The van der Waals surface area contributed by atoms with E-state index >= 15 is 0 Å². The van der Waals surface area contributed by atoms with Gasteiger partial charge in [-0.05, 0) is 47.2 Å². The van der Waals surface area contributed by atoms with Crippen molar-refractivity contribution in [1.29, 1.82) is 0 Å². The molecule has 10 nitrogen and oxygen atoms in total. The van der Waals surface area contributed by atoms with Gasteiger partial charge in [-0.3, -0.25) is 14.6 Å². The number of rotatable bonds is 7. The average molecular weight is 616 g/mol. The van der Waals surface area contributed by atoms with E-state index in [1.54, 1.807) is 23.2 Å². The monoisotopic (exact) mass is 615 g/mol. The molecule has 0 spiro atoms. The van der Waals surface area contributed by atoms with Crippen molar-refractivity contribution in [2.75, 3.05) is 12.8 Å². The van der Waals surface area contributed by atoms with E-state index in [0.29, 0.717) is 29.8 Å². The molecule has 212 valence electrons. The van der Waals surface area contributed by atoms with Crippen LogP contribution in [0.1, 0.15) is 37.7 Å². The highest BCUT2D eigenvalue weighted by molar-refractivity contribution is 7.90. The Morgan fingerprint density at radius 1 is 1.12 bits per heavy atom. The standard InChI is InChI=1S/C28H23Cl2N3O7S/c1-41(38,39)23-7-6-18(40-23)12-22(28(36)37)32-26(34)24-20(29)10-17-14-33(9-8-19(17)25(24)30)27(35)21-11-15-4-2-3-5-16(15)13-31-21/h2-7,10-11,13,22H,8-9,12,14H2,1H3,(H,32,34)(H,36,37).